The van der Waals surface area contributed by atoms with E-state index in [4.69, 9.17) is 16.3 Å². The Morgan fingerprint density at radius 3 is 2.85 bits per heavy atom. The molecule has 1 aromatic heterocycles. The van der Waals surface area contributed by atoms with Gasteiger partial charge in [-0.15, -0.1) is 24.0 Å². The molecule has 0 unspecified atom stereocenters. The quantitative estimate of drug-likeness (QED) is 0.366. The Kier molecular flexibility index (Phi) is 10.3. The highest BCUT2D eigenvalue weighted by Gasteiger charge is 2.06. The van der Waals surface area contributed by atoms with E-state index < -0.39 is 0 Å². The number of pyridine rings is 1. The highest BCUT2D eigenvalue weighted by atomic mass is 127. The molecule has 0 saturated carbocycles. The minimum Gasteiger partial charge on any atom is -0.492 e. The Labute approximate surface area is 177 Å². The Balaban J connectivity index is 0.00000338. The molecule has 26 heavy (non-hydrogen) atoms. The molecule has 0 fully saturated rings. The van der Waals surface area contributed by atoms with Crippen LogP contribution < -0.4 is 10.1 Å². The van der Waals surface area contributed by atoms with Crippen LogP contribution in [-0.4, -0.2) is 49.6 Å². The second kappa shape index (κ2) is 12.0. The van der Waals surface area contributed by atoms with Gasteiger partial charge in [-0.2, -0.15) is 0 Å². The summed E-state index contributed by atoms with van der Waals surface area (Å²) in [5.74, 6) is 1.62. The Hall–Kier alpha value is -1.54. The summed E-state index contributed by atoms with van der Waals surface area (Å²) in [4.78, 5) is 10.5. The zero-order chi connectivity index (χ0) is 18.1. The van der Waals surface area contributed by atoms with Crippen LogP contribution >= 0.6 is 35.6 Å². The fourth-order valence-electron chi connectivity index (χ4n) is 2.44. The van der Waals surface area contributed by atoms with Gasteiger partial charge in [0.25, 0.3) is 0 Å². The summed E-state index contributed by atoms with van der Waals surface area (Å²) in [6.07, 6.45) is 4.65. The third-order valence-electron chi connectivity index (χ3n) is 3.88. The van der Waals surface area contributed by atoms with Gasteiger partial charge in [0.15, 0.2) is 5.96 Å². The van der Waals surface area contributed by atoms with Crippen molar-refractivity contribution in [1.29, 1.82) is 0 Å². The minimum atomic E-state index is 0. The maximum Gasteiger partial charge on any atom is 0.193 e. The van der Waals surface area contributed by atoms with Crippen molar-refractivity contribution in [3.8, 4) is 5.75 Å². The van der Waals surface area contributed by atoms with Crippen molar-refractivity contribution >= 4 is 41.5 Å². The summed E-state index contributed by atoms with van der Waals surface area (Å²) < 4.78 is 5.73. The molecule has 0 atom stereocenters. The van der Waals surface area contributed by atoms with Gasteiger partial charge >= 0.3 is 0 Å². The van der Waals surface area contributed by atoms with Gasteiger partial charge < -0.3 is 15.0 Å². The minimum absolute atomic E-state index is 0. The van der Waals surface area contributed by atoms with Gasteiger partial charge in [-0.1, -0.05) is 17.7 Å². The topological polar surface area (TPSA) is 49.8 Å². The van der Waals surface area contributed by atoms with Gasteiger partial charge in [0.2, 0.25) is 0 Å². The van der Waals surface area contributed by atoms with E-state index >= 15 is 0 Å². The van der Waals surface area contributed by atoms with E-state index in [-0.39, 0.29) is 24.0 Å². The molecule has 0 aliphatic carbocycles. The second-order valence-corrected chi connectivity index (χ2v) is 6.19. The molecule has 0 amide bonds. The lowest BCUT2D eigenvalue weighted by atomic mass is 10.1. The number of aromatic nitrogens is 1. The molecule has 0 spiro atoms. The lowest BCUT2D eigenvalue weighted by molar-refractivity contribution is 0.281. The summed E-state index contributed by atoms with van der Waals surface area (Å²) in [5.41, 5.74) is 2.51. The number of nitrogens with one attached hydrogen (secondary N) is 1. The van der Waals surface area contributed by atoms with E-state index in [2.05, 4.69) is 28.3 Å². The standard InChI is InChI=1S/C19H25ClN4O.HI/c1-15-14-22-9-7-16(15)8-10-23-19(21-2)24(3)11-12-25-18-6-4-5-17(20)13-18;/h4-7,9,13-14H,8,10-12H2,1-3H3,(H,21,23);1H. The largest absolute Gasteiger partial charge is 0.492 e. The first kappa shape index (κ1) is 22.5. The van der Waals surface area contributed by atoms with E-state index in [1.54, 1.807) is 7.05 Å². The maximum absolute atomic E-state index is 5.95. The molecule has 0 saturated heterocycles. The molecule has 7 heteroatoms. The number of likely N-dealkylation sites (N-methyl/N-ethyl adjacent to an activating group) is 1. The predicted octanol–water partition coefficient (Wildman–Crippen LogP) is 3.79. The van der Waals surface area contributed by atoms with Crippen molar-refractivity contribution in [1.82, 2.24) is 15.2 Å². The lowest BCUT2D eigenvalue weighted by Gasteiger charge is -2.22. The molecule has 1 N–H and O–H groups in total. The number of halogens is 2. The van der Waals surface area contributed by atoms with Crippen molar-refractivity contribution in [2.45, 2.75) is 13.3 Å². The summed E-state index contributed by atoms with van der Waals surface area (Å²) >= 11 is 5.95. The molecular formula is C19H26ClIN4O. The summed E-state index contributed by atoms with van der Waals surface area (Å²) in [6.45, 7) is 4.18. The van der Waals surface area contributed by atoms with Crippen LogP contribution in [0.25, 0.3) is 0 Å². The van der Waals surface area contributed by atoms with Gasteiger partial charge in [-0.05, 0) is 48.7 Å². The van der Waals surface area contributed by atoms with E-state index in [0.717, 1.165) is 31.2 Å². The van der Waals surface area contributed by atoms with Crippen LogP contribution in [0.4, 0.5) is 0 Å². The molecule has 1 heterocycles. The van der Waals surface area contributed by atoms with Crippen LogP contribution in [0, 0.1) is 6.92 Å². The smallest absolute Gasteiger partial charge is 0.193 e. The number of hydrogen-bond donors (Lipinski definition) is 1. The molecule has 5 nitrogen and oxygen atoms in total. The number of nitrogens with zero attached hydrogens (tertiary/aromatic N) is 3. The Morgan fingerprint density at radius 1 is 1.35 bits per heavy atom. The van der Waals surface area contributed by atoms with Crippen molar-refractivity contribution in [3.63, 3.8) is 0 Å². The van der Waals surface area contributed by atoms with E-state index in [0.29, 0.717) is 11.6 Å². The summed E-state index contributed by atoms with van der Waals surface area (Å²) in [6, 6.07) is 9.48. The van der Waals surface area contributed by atoms with Crippen LogP contribution in [0.2, 0.25) is 5.02 Å². The Bertz CT molecular complexity index is 711. The molecule has 0 radical (unpaired) electrons. The van der Waals surface area contributed by atoms with E-state index in [1.165, 1.54) is 11.1 Å². The highest BCUT2D eigenvalue weighted by molar-refractivity contribution is 14.0. The van der Waals surface area contributed by atoms with Crippen molar-refractivity contribution in [2.24, 2.45) is 4.99 Å². The first-order valence-electron chi connectivity index (χ1n) is 8.30. The molecular weight excluding hydrogens is 463 g/mol. The first-order chi connectivity index (χ1) is 12.1. The molecule has 0 bridgehead atoms. The monoisotopic (exact) mass is 488 g/mol. The van der Waals surface area contributed by atoms with Crippen LogP contribution in [0.3, 0.4) is 0 Å². The number of benzene rings is 1. The van der Waals surface area contributed by atoms with Crippen molar-refractivity contribution in [3.05, 3.63) is 58.9 Å². The summed E-state index contributed by atoms with van der Waals surface area (Å²) in [5, 5.41) is 4.06. The SMILES string of the molecule is CN=C(NCCc1ccncc1C)N(C)CCOc1cccc(Cl)c1.I. The molecule has 1 aromatic carbocycles. The number of ether oxygens (including phenoxy) is 1. The van der Waals surface area contributed by atoms with Crippen LogP contribution in [-0.2, 0) is 6.42 Å². The van der Waals surface area contributed by atoms with Crippen LogP contribution in [0.5, 0.6) is 5.75 Å². The molecule has 2 aromatic rings. The predicted molar refractivity (Wildman–Crippen MR) is 119 cm³/mol. The number of aliphatic imine (C=N–C) groups is 1. The number of hydrogen-bond acceptors (Lipinski definition) is 3. The van der Waals surface area contributed by atoms with Gasteiger partial charge in [-0.25, -0.2) is 0 Å². The second-order valence-electron chi connectivity index (χ2n) is 5.75. The fourth-order valence-corrected chi connectivity index (χ4v) is 2.62. The van der Waals surface area contributed by atoms with Gasteiger partial charge in [0, 0.05) is 38.1 Å². The molecule has 0 aliphatic heterocycles. The lowest BCUT2D eigenvalue weighted by Crippen LogP contribution is -2.41. The zero-order valence-corrected chi connectivity index (χ0v) is 18.5. The average molecular weight is 489 g/mol. The van der Waals surface area contributed by atoms with E-state index in [9.17, 15) is 0 Å². The third kappa shape index (κ3) is 7.37. The normalized spacial score (nSPS) is 10.8. The van der Waals surface area contributed by atoms with Crippen molar-refractivity contribution in [2.75, 3.05) is 33.8 Å². The van der Waals surface area contributed by atoms with Gasteiger partial charge in [0.1, 0.15) is 12.4 Å². The average Bonchev–Trinajstić information content (AvgIpc) is 2.60. The van der Waals surface area contributed by atoms with Crippen LogP contribution in [0.15, 0.2) is 47.7 Å². The van der Waals surface area contributed by atoms with Crippen LogP contribution in [0.1, 0.15) is 11.1 Å². The molecule has 142 valence electrons. The number of guanidine groups is 1. The zero-order valence-electron chi connectivity index (χ0n) is 15.4. The highest BCUT2D eigenvalue weighted by Crippen LogP contribution is 2.16. The van der Waals surface area contributed by atoms with Gasteiger partial charge in [-0.3, -0.25) is 9.98 Å². The molecule has 0 aliphatic rings. The Morgan fingerprint density at radius 2 is 2.15 bits per heavy atom. The molecule has 2 rings (SSSR count). The number of aryl methyl sites for hydroxylation is 1. The van der Waals surface area contributed by atoms with E-state index in [1.807, 2.05) is 48.6 Å². The fraction of sp³-hybridized carbons (Fsp3) is 0.368. The first-order valence-corrected chi connectivity index (χ1v) is 8.67. The summed E-state index contributed by atoms with van der Waals surface area (Å²) in [7, 11) is 3.78. The maximum atomic E-state index is 5.95. The van der Waals surface area contributed by atoms with Crippen molar-refractivity contribution < 1.29 is 4.74 Å². The third-order valence-corrected chi connectivity index (χ3v) is 4.11. The van der Waals surface area contributed by atoms with Gasteiger partial charge in [0.05, 0.1) is 6.54 Å². The number of rotatable bonds is 7.